The van der Waals surface area contributed by atoms with Gasteiger partial charge in [-0.15, -0.1) is 0 Å². The van der Waals surface area contributed by atoms with E-state index in [1.807, 2.05) is 6.08 Å². The van der Waals surface area contributed by atoms with E-state index in [1.54, 1.807) is 0 Å². The molecule has 0 saturated carbocycles. The first-order valence-corrected chi connectivity index (χ1v) is 5.36. The predicted octanol–water partition coefficient (Wildman–Crippen LogP) is 3.39. The van der Waals surface area contributed by atoms with E-state index in [0.717, 1.165) is 12.8 Å². The first-order valence-electron chi connectivity index (χ1n) is 5.36. The average Bonchev–Trinajstić information content (AvgIpc) is 1.98. The molecule has 1 heteroatoms. The lowest BCUT2D eigenvalue weighted by atomic mass is 9.96. The van der Waals surface area contributed by atoms with Crippen molar-refractivity contribution < 1.29 is 5.11 Å². The SMILES string of the molecule is CC/C(=C/C(O)CC(C)C)C(C)C. The molecular formula is C12H24O. The van der Waals surface area contributed by atoms with Crippen LogP contribution in [0.1, 0.15) is 47.5 Å². The Morgan fingerprint density at radius 3 is 2.08 bits per heavy atom. The van der Waals surface area contributed by atoms with E-state index < -0.39 is 0 Å². The van der Waals surface area contributed by atoms with Crippen LogP contribution in [-0.2, 0) is 0 Å². The van der Waals surface area contributed by atoms with Crippen LogP contribution in [0.15, 0.2) is 11.6 Å². The minimum atomic E-state index is -0.252. The maximum Gasteiger partial charge on any atom is 0.0726 e. The van der Waals surface area contributed by atoms with Crippen LogP contribution in [0.3, 0.4) is 0 Å². The second-order valence-electron chi connectivity index (χ2n) is 4.45. The van der Waals surface area contributed by atoms with Crippen LogP contribution in [0.25, 0.3) is 0 Å². The number of hydrogen-bond donors (Lipinski definition) is 1. The monoisotopic (exact) mass is 184 g/mol. The molecule has 13 heavy (non-hydrogen) atoms. The van der Waals surface area contributed by atoms with Gasteiger partial charge in [-0.3, -0.25) is 0 Å². The van der Waals surface area contributed by atoms with Crippen LogP contribution >= 0.6 is 0 Å². The lowest BCUT2D eigenvalue weighted by Crippen LogP contribution is -2.09. The van der Waals surface area contributed by atoms with Gasteiger partial charge in [0.2, 0.25) is 0 Å². The molecule has 0 saturated heterocycles. The van der Waals surface area contributed by atoms with Crippen molar-refractivity contribution >= 4 is 0 Å². The van der Waals surface area contributed by atoms with Crippen molar-refractivity contribution in [2.24, 2.45) is 11.8 Å². The molecule has 1 N–H and O–H groups in total. The summed E-state index contributed by atoms with van der Waals surface area (Å²) in [5, 5.41) is 9.69. The summed E-state index contributed by atoms with van der Waals surface area (Å²) in [6.45, 7) is 10.8. The van der Waals surface area contributed by atoms with Gasteiger partial charge < -0.3 is 5.11 Å². The van der Waals surface area contributed by atoms with Crippen molar-refractivity contribution in [3.8, 4) is 0 Å². The second-order valence-corrected chi connectivity index (χ2v) is 4.45. The van der Waals surface area contributed by atoms with E-state index in [-0.39, 0.29) is 6.10 Å². The van der Waals surface area contributed by atoms with Crippen LogP contribution in [0.4, 0.5) is 0 Å². The van der Waals surface area contributed by atoms with Crippen molar-refractivity contribution in [2.45, 2.75) is 53.6 Å². The molecule has 0 aromatic carbocycles. The molecular weight excluding hydrogens is 160 g/mol. The fourth-order valence-corrected chi connectivity index (χ4v) is 1.52. The van der Waals surface area contributed by atoms with E-state index in [2.05, 4.69) is 34.6 Å². The Kier molecular flexibility index (Phi) is 6.06. The largest absolute Gasteiger partial charge is 0.389 e. The molecule has 0 aromatic rings. The van der Waals surface area contributed by atoms with Gasteiger partial charge in [-0.2, -0.15) is 0 Å². The van der Waals surface area contributed by atoms with E-state index >= 15 is 0 Å². The summed E-state index contributed by atoms with van der Waals surface area (Å²) in [6.07, 6.45) is 3.70. The lowest BCUT2D eigenvalue weighted by molar-refractivity contribution is 0.193. The summed E-state index contributed by atoms with van der Waals surface area (Å²) in [7, 11) is 0. The first kappa shape index (κ1) is 12.7. The van der Waals surface area contributed by atoms with Gasteiger partial charge in [-0.25, -0.2) is 0 Å². The second kappa shape index (κ2) is 6.20. The van der Waals surface area contributed by atoms with Gasteiger partial charge in [0.25, 0.3) is 0 Å². The summed E-state index contributed by atoms with van der Waals surface area (Å²) in [5.74, 6) is 1.13. The average molecular weight is 184 g/mol. The number of rotatable bonds is 5. The van der Waals surface area contributed by atoms with Gasteiger partial charge in [-0.05, 0) is 24.7 Å². The van der Waals surface area contributed by atoms with Crippen LogP contribution < -0.4 is 0 Å². The van der Waals surface area contributed by atoms with Crippen molar-refractivity contribution in [1.82, 2.24) is 0 Å². The smallest absolute Gasteiger partial charge is 0.0726 e. The Morgan fingerprint density at radius 2 is 1.77 bits per heavy atom. The zero-order valence-electron chi connectivity index (χ0n) is 9.67. The molecule has 78 valence electrons. The lowest BCUT2D eigenvalue weighted by Gasteiger charge is -2.14. The maximum atomic E-state index is 9.69. The molecule has 1 unspecified atom stereocenters. The van der Waals surface area contributed by atoms with Gasteiger partial charge >= 0.3 is 0 Å². The van der Waals surface area contributed by atoms with Crippen molar-refractivity contribution in [3.63, 3.8) is 0 Å². The molecule has 0 aliphatic heterocycles. The summed E-state index contributed by atoms with van der Waals surface area (Å²) < 4.78 is 0. The number of aliphatic hydroxyl groups is 1. The zero-order chi connectivity index (χ0) is 10.4. The summed E-state index contributed by atoms with van der Waals surface area (Å²) in [4.78, 5) is 0. The molecule has 0 spiro atoms. The molecule has 0 bridgehead atoms. The Bertz CT molecular complexity index is 157. The van der Waals surface area contributed by atoms with Crippen molar-refractivity contribution in [2.75, 3.05) is 0 Å². The van der Waals surface area contributed by atoms with Crippen LogP contribution in [0, 0.1) is 11.8 Å². The topological polar surface area (TPSA) is 20.2 Å². The Morgan fingerprint density at radius 1 is 1.23 bits per heavy atom. The summed E-state index contributed by atoms with van der Waals surface area (Å²) in [6, 6.07) is 0. The fourth-order valence-electron chi connectivity index (χ4n) is 1.52. The third-order valence-corrected chi connectivity index (χ3v) is 2.27. The molecule has 1 nitrogen and oxygen atoms in total. The van der Waals surface area contributed by atoms with Crippen LogP contribution in [0.5, 0.6) is 0 Å². The standard InChI is InChI=1S/C12H24O/c1-6-11(10(4)5)8-12(13)7-9(2)3/h8-10,12-13H,6-7H2,1-5H3/b11-8-. The van der Waals surface area contributed by atoms with E-state index in [0.29, 0.717) is 11.8 Å². The molecule has 0 aliphatic carbocycles. The highest BCUT2D eigenvalue weighted by atomic mass is 16.3. The zero-order valence-corrected chi connectivity index (χ0v) is 9.67. The minimum Gasteiger partial charge on any atom is -0.389 e. The predicted molar refractivity (Wildman–Crippen MR) is 58.7 cm³/mol. The van der Waals surface area contributed by atoms with Gasteiger partial charge in [0, 0.05) is 0 Å². The minimum absolute atomic E-state index is 0.252. The third kappa shape index (κ3) is 5.87. The molecule has 0 heterocycles. The van der Waals surface area contributed by atoms with Gasteiger partial charge in [-0.1, -0.05) is 46.3 Å². The van der Waals surface area contributed by atoms with E-state index in [4.69, 9.17) is 0 Å². The molecule has 0 aliphatic rings. The highest BCUT2D eigenvalue weighted by Gasteiger charge is 2.07. The van der Waals surface area contributed by atoms with Gasteiger partial charge in [0.15, 0.2) is 0 Å². The molecule has 0 aromatic heterocycles. The molecule has 0 fully saturated rings. The van der Waals surface area contributed by atoms with Gasteiger partial charge in [0.05, 0.1) is 6.10 Å². The van der Waals surface area contributed by atoms with Crippen molar-refractivity contribution in [3.05, 3.63) is 11.6 Å². The highest BCUT2D eigenvalue weighted by molar-refractivity contribution is 5.06. The Balaban J connectivity index is 4.16. The number of allylic oxidation sites excluding steroid dienone is 1. The number of hydrogen-bond acceptors (Lipinski definition) is 1. The normalized spacial score (nSPS) is 15.5. The molecule has 0 radical (unpaired) electrons. The summed E-state index contributed by atoms with van der Waals surface area (Å²) >= 11 is 0. The van der Waals surface area contributed by atoms with Crippen LogP contribution in [-0.4, -0.2) is 11.2 Å². The summed E-state index contributed by atoms with van der Waals surface area (Å²) in [5.41, 5.74) is 1.37. The maximum absolute atomic E-state index is 9.69. The van der Waals surface area contributed by atoms with Gasteiger partial charge in [0.1, 0.15) is 0 Å². The Hall–Kier alpha value is -0.300. The van der Waals surface area contributed by atoms with Crippen molar-refractivity contribution in [1.29, 1.82) is 0 Å². The fraction of sp³-hybridized carbons (Fsp3) is 0.833. The quantitative estimate of drug-likeness (QED) is 0.649. The molecule has 0 rings (SSSR count). The van der Waals surface area contributed by atoms with E-state index in [9.17, 15) is 5.11 Å². The van der Waals surface area contributed by atoms with E-state index in [1.165, 1.54) is 5.57 Å². The third-order valence-electron chi connectivity index (χ3n) is 2.27. The molecule has 1 atom stereocenters. The van der Waals surface area contributed by atoms with Crippen LogP contribution in [0.2, 0.25) is 0 Å². The number of aliphatic hydroxyl groups excluding tert-OH is 1. The molecule has 0 amide bonds. The Labute approximate surface area is 82.9 Å². The first-order chi connectivity index (χ1) is 5.97. The highest BCUT2D eigenvalue weighted by Crippen LogP contribution is 2.16.